The van der Waals surface area contributed by atoms with Crippen molar-refractivity contribution in [2.24, 2.45) is 0 Å². The van der Waals surface area contributed by atoms with E-state index in [1.54, 1.807) is 0 Å². The van der Waals surface area contributed by atoms with Gasteiger partial charge in [0.05, 0.1) is 55.9 Å². The number of pyridine rings is 2. The molecule has 0 spiro atoms. The van der Waals surface area contributed by atoms with Gasteiger partial charge in [0.25, 0.3) is 0 Å². The van der Waals surface area contributed by atoms with Crippen LogP contribution in [0.4, 0.5) is 0 Å². The summed E-state index contributed by atoms with van der Waals surface area (Å²) in [7, 11) is 0. The second-order valence-electron chi connectivity index (χ2n) is 20.5. The molecule has 0 aliphatic carbocycles. The van der Waals surface area contributed by atoms with Crippen molar-refractivity contribution in [3.63, 3.8) is 0 Å². The van der Waals surface area contributed by atoms with Crippen molar-refractivity contribution < 1.29 is 0 Å². The molecule has 0 saturated heterocycles. The number of rotatable bonds is 8. The third kappa shape index (κ3) is 7.30. The van der Waals surface area contributed by atoms with Crippen LogP contribution in [0.2, 0.25) is 0 Å². The topological polar surface area (TPSA) is 105 Å². The van der Waals surface area contributed by atoms with Crippen LogP contribution >= 0.6 is 11.3 Å². The van der Waals surface area contributed by atoms with Crippen molar-refractivity contribution in [2.45, 2.75) is 0 Å². The molecule has 0 N–H and O–H groups in total. The zero-order valence-corrected chi connectivity index (χ0v) is 44.4. The molecule has 382 valence electrons. The fourth-order valence-electron chi connectivity index (χ4n) is 12.0. The summed E-state index contributed by atoms with van der Waals surface area (Å²) in [6, 6.07) is 88.5. The first-order valence-electron chi connectivity index (χ1n) is 27.2. The minimum absolute atomic E-state index is 0.436. The second kappa shape index (κ2) is 18.3. The third-order valence-corrected chi connectivity index (χ3v) is 16.9. The number of aromatic nitrogens is 10. The lowest BCUT2D eigenvalue weighted by Gasteiger charge is -2.12. The molecule has 0 unspecified atom stereocenters. The molecular weight excluding hydrogens is 1020 g/mol. The Morgan fingerprint density at radius 2 is 0.707 bits per heavy atom. The minimum atomic E-state index is 0.436. The van der Waals surface area contributed by atoms with Gasteiger partial charge in [-0.15, -0.1) is 11.3 Å². The number of benzene rings is 9. The van der Waals surface area contributed by atoms with Gasteiger partial charge in [-0.3, -0.25) is 13.7 Å². The van der Waals surface area contributed by atoms with Crippen LogP contribution in [0.25, 0.3) is 160 Å². The average molecular weight is 1070 g/mol. The maximum atomic E-state index is 5.49. The van der Waals surface area contributed by atoms with Gasteiger partial charge in [-0.2, -0.15) is 9.97 Å². The summed E-state index contributed by atoms with van der Waals surface area (Å²) in [5, 5.41) is 8.99. The molecule has 8 aromatic heterocycles. The first-order chi connectivity index (χ1) is 40.6. The molecule has 0 radical (unpaired) electrons. The predicted molar refractivity (Wildman–Crippen MR) is 334 cm³/mol. The maximum absolute atomic E-state index is 5.49. The van der Waals surface area contributed by atoms with Crippen molar-refractivity contribution in [3.05, 3.63) is 255 Å². The van der Waals surface area contributed by atoms with Gasteiger partial charge in [0.2, 0.25) is 11.9 Å². The van der Waals surface area contributed by atoms with Crippen molar-refractivity contribution in [1.82, 2.24) is 48.6 Å². The van der Waals surface area contributed by atoms with Gasteiger partial charge in [-0.05, 0) is 84.9 Å². The van der Waals surface area contributed by atoms with E-state index in [1.807, 2.05) is 78.1 Å². The van der Waals surface area contributed by atoms with Gasteiger partial charge < -0.3 is 0 Å². The highest BCUT2D eigenvalue weighted by molar-refractivity contribution is 7.25. The Morgan fingerprint density at radius 1 is 0.232 bits per heavy atom. The van der Waals surface area contributed by atoms with E-state index in [-0.39, 0.29) is 0 Å². The molecule has 0 atom stereocenters. The zero-order valence-electron chi connectivity index (χ0n) is 43.6. The molecule has 9 aromatic carbocycles. The largest absolute Gasteiger partial charge is 0.294 e. The predicted octanol–water partition coefficient (Wildman–Crippen LogP) is 17.4. The summed E-state index contributed by atoms with van der Waals surface area (Å²) in [4.78, 5) is 37.3. The Labute approximate surface area is 472 Å². The van der Waals surface area contributed by atoms with Crippen LogP contribution in [0.3, 0.4) is 0 Å². The summed E-state index contributed by atoms with van der Waals surface area (Å²) in [5.41, 5.74) is 12.6. The maximum Gasteiger partial charge on any atom is 0.238 e. The molecule has 11 heteroatoms. The fraction of sp³-hybridized carbons (Fsp3) is 0. The first-order valence-corrected chi connectivity index (χ1v) is 28.0. The van der Waals surface area contributed by atoms with E-state index < -0.39 is 0 Å². The molecule has 0 saturated carbocycles. The smallest absolute Gasteiger partial charge is 0.238 e. The number of nitrogens with zero attached hydrogens (tertiary/aromatic N) is 10. The van der Waals surface area contributed by atoms with E-state index in [2.05, 4.69) is 202 Å². The molecule has 17 rings (SSSR count). The minimum Gasteiger partial charge on any atom is -0.294 e. The Morgan fingerprint density at radius 3 is 1.35 bits per heavy atom. The van der Waals surface area contributed by atoms with E-state index in [9.17, 15) is 0 Å². The monoisotopic (exact) mass is 1070 g/mol. The third-order valence-electron chi connectivity index (χ3n) is 15.8. The van der Waals surface area contributed by atoms with Crippen LogP contribution in [-0.2, 0) is 0 Å². The molecule has 10 nitrogen and oxygen atoms in total. The molecule has 0 aliphatic rings. The van der Waals surface area contributed by atoms with E-state index >= 15 is 0 Å². The van der Waals surface area contributed by atoms with Crippen molar-refractivity contribution in [3.8, 4) is 74.5 Å². The van der Waals surface area contributed by atoms with Gasteiger partial charge in [0.15, 0.2) is 11.6 Å². The van der Waals surface area contributed by atoms with E-state index in [0.717, 1.165) is 94.2 Å². The highest BCUT2D eigenvalue weighted by Crippen LogP contribution is 2.42. The normalized spacial score (nSPS) is 11.9. The average Bonchev–Trinajstić information content (AvgIpc) is 4.46. The van der Waals surface area contributed by atoms with E-state index in [4.69, 9.17) is 34.9 Å². The van der Waals surface area contributed by atoms with Crippen LogP contribution in [-0.4, -0.2) is 48.6 Å². The lowest BCUT2D eigenvalue weighted by molar-refractivity contribution is 0.948. The van der Waals surface area contributed by atoms with E-state index in [0.29, 0.717) is 34.9 Å². The van der Waals surface area contributed by atoms with Crippen LogP contribution < -0.4 is 0 Å². The first kappa shape index (κ1) is 46.0. The number of fused-ring (bicyclic) bond motifs is 12. The SMILES string of the molecule is c1ccc(-c2cc(-c3ccc4sc5ccccc5c4c3)nc(-n3c4ccccc4c4cc5c(cc43)c3ccccc3n5-c3nc(-c4ccccc4)nc(-c4cccc(-c5cccc(-n6c7ccccc7c7ccccc76)n5)n4)n3)n2)cc1. The Kier molecular flexibility index (Phi) is 10.2. The lowest BCUT2D eigenvalue weighted by atomic mass is 10.0. The second-order valence-corrected chi connectivity index (χ2v) is 21.6. The van der Waals surface area contributed by atoms with Crippen LogP contribution in [0.15, 0.2) is 255 Å². The van der Waals surface area contributed by atoms with Crippen LogP contribution in [0, 0.1) is 0 Å². The number of para-hydroxylation sites is 4. The molecular formula is C71H42N10S. The summed E-state index contributed by atoms with van der Waals surface area (Å²) in [5.74, 6) is 2.82. The molecule has 8 heterocycles. The fourth-order valence-corrected chi connectivity index (χ4v) is 13.1. The Balaban J connectivity index is 0.847. The number of hydrogen-bond acceptors (Lipinski definition) is 8. The van der Waals surface area contributed by atoms with Gasteiger partial charge in [-0.25, -0.2) is 24.9 Å². The van der Waals surface area contributed by atoms with Crippen molar-refractivity contribution in [1.29, 1.82) is 0 Å². The highest BCUT2D eigenvalue weighted by atomic mass is 32.1. The van der Waals surface area contributed by atoms with Gasteiger partial charge in [0.1, 0.15) is 11.5 Å². The molecule has 82 heavy (non-hydrogen) atoms. The van der Waals surface area contributed by atoms with Crippen LogP contribution in [0.1, 0.15) is 0 Å². The Bertz CT molecular complexity index is 5370. The summed E-state index contributed by atoms with van der Waals surface area (Å²) in [6.07, 6.45) is 0. The van der Waals surface area contributed by atoms with Gasteiger partial charge in [-0.1, -0.05) is 170 Å². The van der Waals surface area contributed by atoms with Crippen molar-refractivity contribution in [2.75, 3.05) is 0 Å². The summed E-state index contributed by atoms with van der Waals surface area (Å²) >= 11 is 1.82. The van der Waals surface area contributed by atoms with Gasteiger partial charge in [0, 0.05) is 69.2 Å². The quantitative estimate of drug-likeness (QED) is 0.149. The number of thiophene rings is 1. The molecule has 0 bridgehead atoms. The molecule has 0 aliphatic heterocycles. The number of hydrogen-bond donors (Lipinski definition) is 0. The van der Waals surface area contributed by atoms with E-state index in [1.165, 1.54) is 30.9 Å². The van der Waals surface area contributed by atoms with Gasteiger partial charge >= 0.3 is 0 Å². The zero-order chi connectivity index (χ0) is 53.8. The standard InChI is InChI=1S/C71H42N10S/c1-3-19-43(20-4-1)57-42-58(45-37-38-66-53(39-45)50-27-11-16-35-65(50)82-66)75-70(74-57)80-61-33-14-9-25-48(61)51-41-64-52(40-63(51)80)49-26-10-15-34-62(49)81(64)71-77-68(44-21-5-2-6-22-44)76-69(78-71)56-30-17-28-54(72-56)55-29-18-36-67(73-55)79-59-31-12-7-23-46(59)47-24-8-13-32-60(47)79/h1-42H. The summed E-state index contributed by atoms with van der Waals surface area (Å²) in [6.45, 7) is 0. The lowest BCUT2D eigenvalue weighted by Crippen LogP contribution is -2.07. The Hall–Kier alpha value is -11.0. The highest BCUT2D eigenvalue weighted by Gasteiger charge is 2.24. The molecule has 17 aromatic rings. The summed E-state index contributed by atoms with van der Waals surface area (Å²) < 4.78 is 9.13. The van der Waals surface area contributed by atoms with Crippen LogP contribution in [0.5, 0.6) is 0 Å². The molecule has 0 amide bonds. The van der Waals surface area contributed by atoms with Crippen molar-refractivity contribution >= 4 is 96.9 Å². The molecule has 0 fully saturated rings.